The van der Waals surface area contributed by atoms with Gasteiger partial charge in [-0.25, -0.2) is 0 Å². The Morgan fingerprint density at radius 3 is 3.00 bits per heavy atom. The quantitative estimate of drug-likeness (QED) is 0.806. The lowest BCUT2D eigenvalue weighted by Crippen LogP contribution is -2.13. The molecule has 1 aliphatic heterocycles. The molecule has 2 rings (SSSR count). The van der Waals surface area contributed by atoms with E-state index in [0.29, 0.717) is 18.9 Å². The molecule has 0 bridgehead atoms. The normalized spacial score (nSPS) is 19.0. The molecule has 19 heavy (non-hydrogen) atoms. The topological polar surface area (TPSA) is 44.1 Å². The van der Waals surface area contributed by atoms with E-state index in [1.165, 1.54) is 0 Å². The predicted octanol–water partition coefficient (Wildman–Crippen LogP) is 3.04. The molecule has 1 fully saturated rings. The molecular formula is C14H21BrN2O2. The van der Waals surface area contributed by atoms with Gasteiger partial charge in [-0.05, 0) is 49.0 Å². The minimum Gasteiger partial charge on any atom is -0.378 e. The maximum absolute atomic E-state index is 12.1. The van der Waals surface area contributed by atoms with Gasteiger partial charge in [0.2, 0.25) is 0 Å². The highest BCUT2D eigenvalue weighted by molar-refractivity contribution is 9.10. The Kier molecular flexibility index (Phi) is 5.16. The van der Waals surface area contributed by atoms with Crippen molar-refractivity contribution in [1.29, 1.82) is 0 Å². The Balaban J connectivity index is 1.90. The molecule has 1 aliphatic rings. The van der Waals surface area contributed by atoms with Crippen molar-refractivity contribution in [2.75, 3.05) is 6.61 Å². The molecule has 106 valence electrons. The standard InChI is InChI=1S/C14H21BrN2O2/c1-3-17-13(14(15)10(2)16-17)9-11(18)6-7-12-5-4-8-19-12/h12H,3-9H2,1-2H3. The van der Waals surface area contributed by atoms with Gasteiger partial charge in [0, 0.05) is 26.0 Å². The molecule has 0 aromatic carbocycles. The zero-order valence-corrected chi connectivity index (χ0v) is 13.2. The molecule has 5 heteroatoms. The summed E-state index contributed by atoms with van der Waals surface area (Å²) in [7, 11) is 0. The van der Waals surface area contributed by atoms with Crippen molar-refractivity contribution in [3.05, 3.63) is 15.9 Å². The third-order valence-electron chi connectivity index (χ3n) is 3.59. The molecular weight excluding hydrogens is 308 g/mol. The van der Waals surface area contributed by atoms with E-state index in [4.69, 9.17) is 4.74 Å². The van der Waals surface area contributed by atoms with Crippen LogP contribution < -0.4 is 0 Å². The molecule has 0 spiro atoms. The maximum Gasteiger partial charge on any atom is 0.138 e. The summed E-state index contributed by atoms with van der Waals surface area (Å²) in [5.41, 5.74) is 1.95. The van der Waals surface area contributed by atoms with E-state index in [2.05, 4.69) is 21.0 Å². The number of aromatic nitrogens is 2. The van der Waals surface area contributed by atoms with Crippen LogP contribution in [-0.4, -0.2) is 28.3 Å². The van der Waals surface area contributed by atoms with Crippen LogP contribution in [0.15, 0.2) is 4.47 Å². The number of carbonyl (C=O) groups is 1. The summed E-state index contributed by atoms with van der Waals surface area (Å²) in [5, 5.41) is 4.41. The minimum absolute atomic E-state index is 0.269. The highest BCUT2D eigenvalue weighted by atomic mass is 79.9. The van der Waals surface area contributed by atoms with Gasteiger partial charge in [-0.15, -0.1) is 0 Å². The van der Waals surface area contributed by atoms with Gasteiger partial charge in [-0.1, -0.05) is 0 Å². The molecule has 2 heterocycles. The first-order valence-corrected chi connectivity index (χ1v) is 7.76. The van der Waals surface area contributed by atoms with E-state index in [9.17, 15) is 4.79 Å². The van der Waals surface area contributed by atoms with Crippen LogP contribution in [-0.2, 0) is 22.5 Å². The summed E-state index contributed by atoms with van der Waals surface area (Å²) in [6.45, 7) is 5.64. The van der Waals surface area contributed by atoms with E-state index in [-0.39, 0.29) is 5.78 Å². The van der Waals surface area contributed by atoms with Crippen LogP contribution >= 0.6 is 15.9 Å². The number of aryl methyl sites for hydroxylation is 2. The first-order chi connectivity index (χ1) is 9.11. The average Bonchev–Trinajstić information content (AvgIpc) is 3.00. The number of carbonyl (C=O) groups excluding carboxylic acids is 1. The van der Waals surface area contributed by atoms with Crippen molar-refractivity contribution < 1.29 is 9.53 Å². The molecule has 4 nitrogen and oxygen atoms in total. The van der Waals surface area contributed by atoms with Gasteiger partial charge >= 0.3 is 0 Å². The molecule has 1 saturated heterocycles. The van der Waals surface area contributed by atoms with Crippen molar-refractivity contribution in [2.24, 2.45) is 0 Å². The summed E-state index contributed by atoms with van der Waals surface area (Å²) in [4.78, 5) is 12.1. The van der Waals surface area contributed by atoms with Crippen LogP contribution in [0.2, 0.25) is 0 Å². The van der Waals surface area contributed by atoms with Gasteiger partial charge in [-0.3, -0.25) is 9.48 Å². The van der Waals surface area contributed by atoms with Gasteiger partial charge in [0.15, 0.2) is 0 Å². The van der Waals surface area contributed by atoms with Gasteiger partial charge in [0.25, 0.3) is 0 Å². The van der Waals surface area contributed by atoms with Crippen molar-refractivity contribution in [3.63, 3.8) is 0 Å². The molecule has 1 unspecified atom stereocenters. The smallest absolute Gasteiger partial charge is 0.138 e. The van der Waals surface area contributed by atoms with Crippen molar-refractivity contribution in [3.8, 4) is 0 Å². The monoisotopic (exact) mass is 328 g/mol. The van der Waals surface area contributed by atoms with Crippen molar-refractivity contribution >= 4 is 21.7 Å². The van der Waals surface area contributed by atoms with Gasteiger partial charge < -0.3 is 4.74 Å². The summed E-state index contributed by atoms with van der Waals surface area (Å²) >= 11 is 3.53. The van der Waals surface area contributed by atoms with Crippen LogP contribution in [0.4, 0.5) is 0 Å². The number of hydrogen-bond acceptors (Lipinski definition) is 3. The van der Waals surface area contributed by atoms with Gasteiger partial charge in [-0.2, -0.15) is 5.10 Å². The number of nitrogens with zero attached hydrogens (tertiary/aromatic N) is 2. The number of rotatable bonds is 6. The third-order valence-corrected chi connectivity index (χ3v) is 4.62. The second-order valence-corrected chi connectivity index (χ2v) is 5.84. The molecule has 0 aliphatic carbocycles. The third kappa shape index (κ3) is 3.66. The van der Waals surface area contributed by atoms with E-state index in [0.717, 1.165) is 48.3 Å². The Bertz CT molecular complexity index is 451. The number of halogens is 1. The molecule has 0 radical (unpaired) electrons. The fourth-order valence-corrected chi connectivity index (χ4v) is 2.93. The molecule has 0 N–H and O–H groups in total. The SMILES string of the molecule is CCn1nc(C)c(Br)c1CC(=O)CCC1CCCO1. The second kappa shape index (κ2) is 6.66. The number of hydrogen-bond donors (Lipinski definition) is 0. The fourth-order valence-electron chi connectivity index (χ4n) is 2.51. The first-order valence-electron chi connectivity index (χ1n) is 6.97. The predicted molar refractivity (Wildman–Crippen MR) is 77.3 cm³/mol. The fraction of sp³-hybridized carbons (Fsp3) is 0.714. The molecule has 1 aromatic rings. The van der Waals surface area contributed by atoms with E-state index >= 15 is 0 Å². The Morgan fingerprint density at radius 2 is 2.37 bits per heavy atom. The zero-order chi connectivity index (χ0) is 13.8. The van der Waals surface area contributed by atoms with E-state index in [1.54, 1.807) is 0 Å². The Hall–Kier alpha value is -0.680. The largest absolute Gasteiger partial charge is 0.378 e. The van der Waals surface area contributed by atoms with Crippen molar-refractivity contribution in [1.82, 2.24) is 9.78 Å². The maximum atomic E-state index is 12.1. The van der Waals surface area contributed by atoms with Crippen molar-refractivity contribution in [2.45, 2.75) is 58.6 Å². The van der Waals surface area contributed by atoms with Gasteiger partial charge in [0.1, 0.15) is 5.78 Å². The van der Waals surface area contributed by atoms with Crippen LogP contribution in [0.1, 0.15) is 44.0 Å². The van der Waals surface area contributed by atoms with Crippen LogP contribution in [0.25, 0.3) is 0 Å². The Labute approximate surface area is 122 Å². The molecule has 1 aromatic heterocycles. The lowest BCUT2D eigenvalue weighted by molar-refractivity contribution is -0.119. The highest BCUT2D eigenvalue weighted by Crippen LogP contribution is 2.23. The molecule has 0 amide bonds. The van der Waals surface area contributed by atoms with E-state index < -0.39 is 0 Å². The lowest BCUT2D eigenvalue weighted by atomic mass is 10.1. The first kappa shape index (κ1) is 14.7. The zero-order valence-electron chi connectivity index (χ0n) is 11.6. The summed E-state index contributed by atoms with van der Waals surface area (Å²) < 4.78 is 8.43. The van der Waals surface area contributed by atoms with Gasteiger partial charge in [0.05, 0.1) is 22.0 Å². The van der Waals surface area contributed by atoms with Crippen LogP contribution in [0.5, 0.6) is 0 Å². The minimum atomic E-state index is 0.269. The average molecular weight is 329 g/mol. The highest BCUT2D eigenvalue weighted by Gasteiger charge is 2.19. The number of ether oxygens (including phenoxy) is 1. The lowest BCUT2D eigenvalue weighted by Gasteiger charge is -2.09. The molecule has 0 saturated carbocycles. The second-order valence-electron chi connectivity index (χ2n) is 5.05. The van der Waals surface area contributed by atoms with Crippen LogP contribution in [0.3, 0.4) is 0 Å². The van der Waals surface area contributed by atoms with E-state index in [1.807, 2.05) is 18.5 Å². The summed E-state index contributed by atoms with van der Waals surface area (Å²) in [6.07, 6.45) is 4.45. The number of Topliss-reactive ketones (excluding diaryl/α,β-unsaturated/α-hetero) is 1. The summed E-state index contributed by atoms with van der Waals surface area (Å²) in [6, 6.07) is 0. The number of ketones is 1. The Morgan fingerprint density at radius 1 is 1.58 bits per heavy atom. The summed E-state index contributed by atoms with van der Waals surface area (Å²) in [5.74, 6) is 0.269. The molecule has 1 atom stereocenters. The van der Waals surface area contributed by atoms with Crippen LogP contribution in [0, 0.1) is 6.92 Å².